The first kappa shape index (κ1) is 13.7. The van der Waals surface area contributed by atoms with Gasteiger partial charge in [-0.3, -0.25) is 4.79 Å². The highest BCUT2D eigenvalue weighted by Crippen LogP contribution is 2.31. The molecule has 2 unspecified atom stereocenters. The Balaban J connectivity index is 2.11. The van der Waals surface area contributed by atoms with Crippen molar-refractivity contribution < 1.29 is 14.6 Å². The van der Waals surface area contributed by atoms with Gasteiger partial charge in [0.25, 0.3) is 5.91 Å². The number of carbonyl (C=O) groups excluding carboxylic acids is 1. The van der Waals surface area contributed by atoms with E-state index in [1.54, 1.807) is 13.0 Å². The Morgan fingerprint density at radius 3 is 3.05 bits per heavy atom. The van der Waals surface area contributed by atoms with E-state index in [4.69, 9.17) is 4.74 Å². The number of fused-ring (bicyclic) bond motifs is 1. The number of ether oxygens (including phenoxy) is 1. The van der Waals surface area contributed by atoms with Gasteiger partial charge in [0, 0.05) is 12.6 Å². The van der Waals surface area contributed by atoms with E-state index in [9.17, 15) is 9.90 Å². The number of aliphatic hydroxyl groups excluding tert-OH is 1. The first-order valence-corrected chi connectivity index (χ1v) is 6.56. The van der Waals surface area contributed by atoms with Crippen LogP contribution in [0.1, 0.15) is 30.6 Å². The molecule has 5 nitrogen and oxygen atoms in total. The Bertz CT molecular complexity index is 460. The molecule has 1 amide bonds. The zero-order valence-electron chi connectivity index (χ0n) is 11.3. The second kappa shape index (κ2) is 5.93. The number of hydrogen-bond acceptors (Lipinski definition) is 4. The van der Waals surface area contributed by atoms with Gasteiger partial charge in [0.05, 0.1) is 17.4 Å². The number of carbonyl (C=O) groups is 1. The van der Waals surface area contributed by atoms with E-state index in [1.807, 2.05) is 19.1 Å². The maximum Gasteiger partial charge on any atom is 0.255 e. The average molecular weight is 264 g/mol. The van der Waals surface area contributed by atoms with Crippen LogP contribution in [0, 0.1) is 0 Å². The highest BCUT2D eigenvalue weighted by Gasteiger charge is 2.20. The highest BCUT2D eigenvalue weighted by atomic mass is 16.5. The van der Waals surface area contributed by atoms with Gasteiger partial charge in [-0.1, -0.05) is 6.07 Å². The van der Waals surface area contributed by atoms with E-state index in [1.165, 1.54) is 0 Å². The summed E-state index contributed by atoms with van der Waals surface area (Å²) in [6, 6.07) is 5.38. The van der Waals surface area contributed by atoms with Crippen LogP contribution in [-0.4, -0.2) is 36.3 Å². The van der Waals surface area contributed by atoms with Crippen molar-refractivity contribution in [3.63, 3.8) is 0 Å². The molecule has 0 aliphatic carbocycles. The van der Waals surface area contributed by atoms with Gasteiger partial charge in [-0.15, -0.1) is 0 Å². The van der Waals surface area contributed by atoms with E-state index in [-0.39, 0.29) is 11.9 Å². The number of amides is 1. The zero-order valence-corrected chi connectivity index (χ0v) is 11.3. The summed E-state index contributed by atoms with van der Waals surface area (Å²) in [5.41, 5.74) is 1.38. The summed E-state index contributed by atoms with van der Waals surface area (Å²) in [6.07, 6.45) is 0.0952. The molecule has 19 heavy (non-hydrogen) atoms. The number of benzene rings is 1. The molecule has 1 aliphatic rings. The Labute approximate surface area is 113 Å². The monoisotopic (exact) mass is 264 g/mol. The van der Waals surface area contributed by atoms with Gasteiger partial charge < -0.3 is 20.5 Å². The molecule has 1 aromatic carbocycles. The quantitative estimate of drug-likeness (QED) is 0.768. The van der Waals surface area contributed by atoms with Crippen molar-refractivity contribution in [3.05, 3.63) is 23.8 Å². The number of para-hydroxylation sites is 1. The minimum absolute atomic E-state index is 0.0834. The van der Waals surface area contributed by atoms with Gasteiger partial charge in [-0.2, -0.15) is 0 Å². The van der Waals surface area contributed by atoms with Gasteiger partial charge in [0.15, 0.2) is 5.75 Å². The lowest BCUT2D eigenvalue weighted by atomic mass is 10.1. The number of hydrogen-bond donors (Lipinski definition) is 3. The van der Waals surface area contributed by atoms with Crippen molar-refractivity contribution >= 4 is 11.6 Å². The first-order chi connectivity index (χ1) is 9.08. The van der Waals surface area contributed by atoms with Gasteiger partial charge in [-0.05, 0) is 32.4 Å². The van der Waals surface area contributed by atoms with Crippen LogP contribution in [0.2, 0.25) is 0 Å². The van der Waals surface area contributed by atoms with E-state index in [2.05, 4.69) is 10.6 Å². The average Bonchev–Trinajstić information content (AvgIpc) is 2.36. The molecule has 5 heteroatoms. The third-order valence-electron chi connectivity index (χ3n) is 3.00. The van der Waals surface area contributed by atoms with Crippen molar-refractivity contribution in [2.24, 2.45) is 0 Å². The molecule has 0 radical (unpaired) electrons. The van der Waals surface area contributed by atoms with Gasteiger partial charge in [0.2, 0.25) is 0 Å². The molecule has 0 bridgehead atoms. The summed E-state index contributed by atoms with van der Waals surface area (Å²) < 4.78 is 5.57. The lowest BCUT2D eigenvalue weighted by molar-refractivity contribution is 0.0919. The molecule has 0 saturated carbocycles. The molecule has 1 aliphatic heterocycles. The Hall–Kier alpha value is -1.75. The number of aliphatic hydroxyl groups is 1. The van der Waals surface area contributed by atoms with Crippen LogP contribution in [0.5, 0.6) is 5.75 Å². The number of nitrogens with one attached hydrogen (secondary N) is 2. The molecule has 2 atom stereocenters. The van der Waals surface area contributed by atoms with E-state index < -0.39 is 6.10 Å². The molecule has 0 saturated heterocycles. The third-order valence-corrected chi connectivity index (χ3v) is 3.00. The lowest BCUT2D eigenvalue weighted by Crippen LogP contribution is -2.35. The fraction of sp³-hybridized carbons (Fsp3) is 0.500. The predicted octanol–water partition coefficient (Wildman–Crippen LogP) is 1.38. The Morgan fingerprint density at radius 2 is 2.32 bits per heavy atom. The molecule has 1 aromatic rings. The van der Waals surface area contributed by atoms with Crippen molar-refractivity contribution in [2.75, 3.05) is 18.5 Å². The Morgan fingerprint density at radius 1 is 1.53 bits per heavy atom. The van der Waals surface area contributed by atoms with Crippen molar-refractivity contribution in [1.29, 1.82) is 0 Å². The van der Waals surface area contributed by atoms with Crippen LogP contribution in [0.15, 0.2) is 18.2 Å². The lowest BCUT2D eigenvalue weighted by Gasteiger charge is -2.22. The van der Waals surface area contributed by atoms with Crippen molar-refractivity contribution in [2.45, 2.75) is 32.4 Å². The fourth-order valence-corrected chi connectivity index (χ4v) is 2.22. The summed E-state index contributed by atoms with van der Waals surface area (Å²) in [6.45, 7) is 4.89. The summed E-state index contributed by atoms with van der Waals surface area (Å²) in [5.74, 6) is 0.434. The molecule has 2 rings (SSSR count). The summed E-state index contributed by atoms with van der Waals surface area (Å²) in [5, 5.41) is 15.4. The van der Waals surface area contributed by atoms with Crippen LogP contribution >= 0.6 is 0 Å². The molecular weight excluding hydrogens is 244 g/mol. The van der Waals surface area contributed by atoms with Crippen LogP contribution in [0.25, 0.3) is 0 Å². The van der Waals surface area contributed by atoms with Crippen molar-refractivity contribution in [3.8, 4) is 5.75 Å². The van der Waals surface area contributed by atoms with Crippen molar-refractivity contribution in [1.82, 2.24) is 5.32 Å². The van der Waals surface area contributed by atoms with Gasteiger partial charge in [-0.25, -0.2) is 0 Å². The highest BCUT2D eigenvalue weighted by molar-refractivity contribution is 5.99. The second-order valence-corrected chi connectivity index (χ2v) is 4.92. The molecular formula is C14H20N2O3. The topological polar surface area (TPSA) is 70.6 Å². The van der Waals surface area contributed by atoms with Crippen LogP contribution < -0.4 is 15.4 Å². The molecule has 3 N–H and O–H groups in total. The molecule has 1 heterocycles. The van der Waals surface area contributed by atoms with E-state index in [0.717, 1.165) is 12.2 Å². The normalized spacial score (nSPS) is 16.6. The van der Waals surface area contributed by atoms with E-state index >= 15 is 0 Å². The largest absolute Gasteiger partial charge is 0.489 e. The van der Waals surface area contributed by atoms with Crippen LogP contribution in [0.4, 0.5) is 5.69 Å². The Kier molecular flexibility index (Phi) is 4.27. The maximum absolute atomic E-state index is 12.2. The minimum atomic E-state index is -0.432. The van der Waals surface area contributed by atoms with Gasteiger partial charge in [0.1, 0.15) is 6.61 Å². The van der Waals surface area contributed by atoms with Gasteiger partial charge >= 0.3 is 0 Å². The minimum Gasteiger partial charge on any atom is -0.489 e. The molecule has 0 fully saturated rings. The number of anilines is 1. The predicted molar refractivity (Wildman–Crippen MR) is 73.7 cm³/mol. The zero-order chi connectivity index (χ0) is 13.8. The standard InChI is InChI=1S/C14H20N2O3/c1-9(8-10(2)17)16-14(18)11-4-3-5-12-13(11)19-7-6-15-12/h3-5,9-10,15,17H,6-8H2,1-2H3,(H,16,18). The van der Waals surface area contributed by atoms with Crippen LogP contribution in [-0.2, 0) is 0 Å². The van der Waals surface area contributed by atoms with E-state index in [0.29, 0.717) is 24.3 Å². The second-order valence-electron chi connectivity index (χ2n) is 4.92. The maximum atomic E-state index is 12.2. The summed E-state index contributed by atoms with van der Waals surface area (Å²) in [4.78, 5) is 12.2. The van der Waals surface area contributed by atoms with Crippen LogP contribution in [0.3, 0.4) is 0 Å². The summed E-state index contributed by atoms with van der Waals surface area (Å²) in [7, 11) is 0. The third kappa shape index (κ3) is 3.38. The number of rotatable bonds is 4. The fourth-order valence-electron chi connectivity index (χ4n) is 2.22. The molecule has 0 spiro atoms. The summed E-state index contributed by atoms with van der Waals surface area (Å²) >= 11 is 0. The SMILES string of the molecule is CC(O)CC(C)NC(=O)c1cccc2c1OCCN2. The molecule has 0 aromatic heterocycles. The first-order valence-electron chi connectivity index (χ1n) is 6.56. The smallest absolute Gasteiger partial charge is 0.255 e. The molecule has 104 valence electrons.